The van der Waals surface area contributed by atoms with Crippen LogP contribution >= 0.6 is 0 Å². The van der Waals surface area contributed by atoms with Gasteiger partial charge in [-0.25, -0.2) is 9.37 Å². The molecule has 6 heteroatoms. The minimum Gasteiger partial charge on any atom is -0.296 e. The van der Waals surface area contributed by atoms with Crippen LogP contribution in [0.4, 0.5) is 17.6 Å². The first-order valence-electron chi connectivity index (χ1n) is 5.21. The number of hydrogen-bond donors (Lipinski definition) is 0. The third-order valence-electron chi connectivity index (χ3n) is 2.48. The lowest BCUT2D eigenvalue weighted by Crippen LogP contribution is -2.09. The molecule has 0 spiro atoms. The van der Waals surface area contributed by atoms with Crippen LogP contribution in [0, 0.1) is 5.82 Å². The van der Waals surface area contributed by atoms with Crippen molar-refractivity contribution < 1.29 is 22.4 Å². The summed E-state index contributed by atoms with van der Waals surface area (Å²) < 4.78 is 50.2. The largest absolute Gasteiger partial charge is 0.433 e. The fourth-order valence-electron chi connectivity index (χ4n) is 1.60. The predicted molar refractivity (Wildman–Crippen MR) is 60.0 cm³/mol. The van der Waals surface area contributed by atoms with Crippen molar-refractivity contribution in [3.05, 3.63) is 53.6 Å². The third-order valence-corrected chi connectivity index (χ3v) is 2.48. The zero-order valence-electron chi connectivity index (χ0n) is 9.41. The van der Waals surface area contributed by atoms with Crippen molar-refractivity contribution in [2.75, 3.05) is 0 Å². The van der Waals surface area contributed by atoms with E-state index in [1.165, 1.54) is 12.1 Å². The maximum Gasteiger partial charge on any atom is 0.433 e. The molecule has 0 saturated heterocycles. The highest BCUT2D eigenvalue weighted by molar-refractivity contribution is 5.85. The summed E-state index contributed by atoms with van der Waals surface area (Å²) in [5.74, 6) is -0.476. The van der Waals surface area contributed by atoms with Crippen molar-refractivity contribution in [2.24, 2.45) is 0 Å². The van der Waals surface area contributed by atoms with Crippen molar-refractivity contribution in [3.8, 4) is 11.1 Å². The number of carbonyl (C=O) groups excluding carboxylic acids is 1. The number of aromatic nitrogens is 1. The quantitative estimate of drug-likeness (QED) is 0.614. The Morgan fingerprint density at radius 3 is 2.16 bits per heavy atom. The van der Waals surface area contributed by atoms with Crippen LogP contribution in [0.3, 0.4) is 0 Å². The van der Waals surface area contributed by atoms with Crippen LogP contribution in [-0.4, -0.2) is 11.3 Å². The SMILES string of the molecule is O=Cc1nc(C(F)(F)F)ccc1-c1ccc(F)cc1. The Morgan fingerprint density at radius 1 is 1.00 bits per heavy atom. The maximum absolute atomic E-state index is 12.8. The Labute approximate surface area is 105 Å². The summed E-state index contributed by atoms with van der Waals surface area (Å²) in [6, 6.07) is 6.97. The van der Waals surface area contributed by atoms with Gasteiger partial charge in [-0.2, -0.15) is 13.2 Å². The Balaban J connectivity index is 2.53. The van der Waals surface area contributed by atoms with E-state index in [0.717, 1.165) is 24.3 Å². The minimum absolute atomic E-state index is 0.225. The Kier molecular flexibility index (Phi) is 3.33. The number of alkyl halides is 3. The normalized spacial score (nSPS) is 11.4. The van der Waals surface area contributed by atoms with Crippen LogP contribution in [0.1, 0.15) is 16.2 Å². The molecule has 1 aromatic carbocycles. The second kappa shape index (κ2) is 4.79. The fraction of sp³-hybridized carbons (Fsp3) is 0.0769. The first kappa shape index (κ1) is 13.2. The lowest BCUT2D eigenvalue weighted by molar-refractivity contribution is -0.141. The van der Waals surface area contributed by atoms with Crippen LogP contribution in [0.2, 0.25) is 0 Å². The standard InChI is InChI=1S/C13H7F4NO/c14-9-3-1-8(2-4-9)10-5-6-12(13(15,16)17)18-11(10)7-19/h1-7H. The van der Waals surface area contributed by atoms with E-state index in [9.17, 15) is 22.4 Å². The molecule has 0 bridgehead atoms. The Morgan fingerprint density at radius 2 is 1.63 bits per heavy atom. The van der Waals surface area contributed by atoms with Gasteiger partial charge in [-0.15, -0.1) is 0 Å². The van der Waals surface area contributed by atoms with Gasteiger partial charge in [0.2, 0.25) is 0 Å². The molecule has 0 unspecified atom stereocenters. The minimum atomic E-state index is -4.61. The van der Waals surface area contributed by atoms with E-state index >= 15 is 0 Å². The molecule has 0 N–H and O–H groups in total. The number of hydrogen-bond acceptors (Lipinski definition) is 2. The molecule has 0 radical (unpaired) electrons. The molecule has 0 fully saturated rings. The van der Waals surface area contributed by atoms with Crippen LogP contribution in [0.25, 0.3) is 11.1 Å². The summed E-state index contributed by atoms with van der Waals surface area (Å²) in [5.41, 5.74) is -0.824. The number of carbonyl (C=O) groups is 1. The Hall–Kier alpha value is -2.24. The van der Waals surface area contributed by atoms with Gasteiger partial charge >= 0.3 is 6.18 Å². The zero-order chi connectivity index (χ0) is 14.0. The van der Waals surface area contributed by atoms with Gasteiger partial charge in [-0.1, -0.05) is 12.1 Å². The highest BCUT2D eigenvalue weighted by Gasteiger charge is 2.33. The number of nitrogens with zero attached hydrogens (tertiary/aromatic N) is 1. The van der Waals surface area contributed by atoms with E-state index in [4.69, 9.17) is 0 Å². The zero-order valence-corrected chi connectivity index (χ0v) is 9.41. The van der Waals surface area contributed by atoms with E-state index in [1.807, 2.05) is 0 Å². The number of halogens is 4. The van der Waals surface area contributed by atoms with E-state index in [2.05, 4.69) is 4.98 Å². The van der Waals surface area contributed by atoms with Gasteiger partial charge in [0.15, 0.2) is 6.29 Å². The van der Waals surface area contributed by atoms with Gasteiger partial charge < -0.3 is 0 Å². The average Bonchev–Trinajstić information content (AvgIpc) is 2.38. The van der Waals surface area contributed by atoms with Crippen LogP contribution in [0.5, 0.6) is 0 Å². The van der Waals surface area contributed by atoms with Crippen molar-refractivity contribution in [1.82, 2.24) is 4.98 Å². The summed E-state index contributed by atoms with van der Waals surface area (Å²) in [4.78, 5) is 14.1. The molecule has 2 aromatic rings. The molecule has 98 valence electrons. The molecule has 2 rings (SSSR count). The first-order valence-corrected chi connectivity index (χ1v) is 5.21. The van der Waals surface area contributed by atoms with Crippen LogP contribution in [-0.2, 0) is 6.18 Å². The number of benzene rings is 1. The van der Waals surface area contributed by atoms with Crippen molar-refractivity contribution in [3.63, 3.8) is 0 Å². The summed E-state index contributed by atoms with van der Waals surface area (Å²) in [6.07, 6.45) is -4.37. The van der Waals surface area contributed by atoms with Gasteiger partial charge in [0.05, 0.1) is 0 Å². The molecule has 1 heterocycles. The van der Waals surface area contributed by atoms with E-state index in [0.29, 0.717) is 5.56 Å². The van der Waals surface area contributed by atoms with E-state index in [-0.39, 0.29) is 17.5 Å². The molecule has 0 atom stereocenters. The highest BCUT2D eigenvalue weighted by Crippen LogP contribution is 2.30. The molecule has 0 aliphatic carbocycles. The summed E-state index contributed by atoms with van der Waals surface area (Å²) in [6.45, 7) is 0. The van der Waals surface area contributed by atoms with Gasteiger partial charge in [0.25, 0.3) is 0 Å². The predicted octanol–water partition coefficient (Wildman–Crippen LogP) is 3.72. The molecule has 0 aliphatic rings. The second-order valence-corrected chi connectivity index (χ2v) is 3.75. The number of pyridine rings is 1. The molecule has 0 amide bonds. The van der Waals surface area contributed by atoms with Crippen LogP contribution in [0.15, 0.2) is 36.4 Å². The van der Waals surface area contributed by atoms with Crippen molar-refractivity contribution in [2.45, 2.75) is 6.18 Å². The van der Waals surface area contributed by atoms with Gasteiger partial charge in [-0.3, -0.25) is 4.79 Å². The summed E-state index contributed by atoms with van der Waals surface area (Å²) in [7, 11) is 0. The summed E-state index contributed by atoms with van der Waals surface area (Å²) >= 11 is 0. The topological polar surface area (TPSA) is 30.0 Å². The van der Waals surface area contributed by atoms with Crippen molar-refractivity contribution >= 4 is 6.29 Å². The maximum atomic E-state index is 12.8. The number of aldehydes is 1. The molecule has 0 saturated carbocycles. The van der Waals surface area contributed by atoms with Gasteiger partial charge in [0.1, 0.15) is 17.2 Å². The second-order valence-electron chi connectivity index (χ2n) is 3.75. The van der Waals surface area contributed by atoms with Crippen LogP contribution < -0.4 is 0 Å². The Bertz CT molecular complexity index is 605. The highest BCUT2D eigenvalue weighted by atomic mass is 19.4. The first-order chi connectivity index (χ1) is 8.91. The smallest absolute Gasteiger partial charge is 0.296 e. The number of rotatable bonds is 2. The third kappa shape index (κ3) is 2.78. The molecule has 19 heavy (non-hydrogen) atoms. The van der Waals surface area contributed by atoms with Crippen molar-refractivity contribution in [1.29, 1.82) is 0 Å². The molecule has 1 aromatic heterocycles. The molecular formula is C13H7F4NO. The lowest BCUT2D eigenvalue weighted by atomic mass is 10.0. The molecular weight excluding hydrogens is 262 g/mol. The van der Waals surface area contributed by atoms with E-state index in [1.54, 1.807) is 0 Å². The molecule has 2 nitrogen and oxygen atoms in total. The van der Waals surface area contributed by atoms with E-state index < -0.39 is 17.7 Å². The van der Waals surface area contributed by atoms with Gasteiger partial charge in [-0.05, 0) is 29.8 Å². The molecule has 0 aliphatic heterocycles. The summed E-state index contributed by atoms with van der Waals surface area (Å²) in [5, 5.41) is 0. The lowest BCUT2D eigenvalue weighted by Gasteiger charge is -2.09. The van der Waals surface area contributed by atoms with Gasteiger partial charge in [0, 0.05) is 5.56 Å². The average molecular weight is 269 g/mol. The fourth-order valence-corrected chi connectivity index (χ4v) is 1.60. The monoisotopic (exact) mass is 269 g/mol.